The van der Waals surface area contributed by atoms with Crippen LogP contribution in [0.3, 0.4) is 0 Å². The number of halogens is 2. The minimum Gasteiger partial charge on any atom is -0.444 e. The van der Waals surface area contributed by atoms with Crippen molar-refractivity contribution in [1.82, 2.24) is 16.2 Å². The number of carbonyl (C=O) groups excluding carboxylic acids is 1. The predicted molar refractivity (Wildman–Crippen MR) is 67.3 cm³/mol. The van der Waals surface area contributed by atoms with Crippen LogP contribution in [0.4, 0.5) is 4.79 Å². The van der Waals surface area contributed by atoms with Crippen LogP contribution in [0, 0.1) is 0 Å². The molecule has 0 saturated heterocycles. The molecule has 3 N–H and O–H groups in total. The Labute approximate surface area is 110 Å². The number of hydrazine groups is 1. The molecule has 0 fully saturated rings. The van der Waals surface area contributed by atoms with Gasteiger partial charge in [-0.3, -0.25) is 10.9 Å². The quantitative estimate of drug-likeness (QED) is 0.678. The Morgan fingerprint density at radius 3 is 2.65 bits per heavy atom. The monoisotopic (exact) mass is 279 g/mol. The normalized spacial score (nSPS) is 15.7. The van der Waals surface area contributed by atoms with Gasteiger partial charge in [-0.1, -0.05) is 23.2 Å². The van der Waals surface area contributed by atoms with E-state index in [1.807, 2.05) is 0 Å². The second-order valence-electron chi connectivity index (χ2n) is 4.44. The second kappa shape index (κ2) is 5.51. The summed E-state index contributed by atoms with van der Waals surface area (Å²) in [6.07, 6.45) is 1.12. The molecule has 0 aromatic rings. The van der Waals surface area contributed by atoms with Crippen LogP contribution < -0.4 is 16.2 Å². The first-order valence-electron chi connectivity index (χ1n) is 5.02. The minimum absolute atomic E-state index is 0.235. The molecule has 7 heteroatoms. The van der Waals surface area contributed by atoms with Crippen molar-refractivity contribution >= 4 is 29.3 Å². The maximum absolute atomic E-state index is 11.4. The summed E-state index contributed by atoms with van der Waals surface area (Å²) in [7, 11) is 0. The van der Waals surface area contributed by atoms with Gasteiger partial charge in [0.2, 0.25) is 0 Å². The lowest BCUT2D eigenvalue weighted by Crippen LogP contribution is -2.36. The number of rotatable bonds is 2. The van der Waals surface area contributed by atoms with Crippen molar-refractivity contribution < 1.29 is 9.53 Å². The summed E-state index contributed by atoms with van der Waals surface area (Å²) in [5.74, 6) is 0. The SMILES string of the molecule is CC(C)(C)OC(=O)NCC1=C(Cl)NNC(Cl)=C1. The third-order valence-corrected chi connectivity index (χ3v) is 2.24. The molecule has 0 saturated carbocycles. The van der Waals surface area contributed by atoms with Crippen molar-refractivity contribution in [2.75, 3.05) is 6.54 Å². The molecule has 0 spiro atoms. The number of carbonyl (C=O) groups is 1. The summed E-state index contributed by atoms with van der Waals surface area (Å²) in [5.41, 5.74) is 5.43. The first kappa shape index (κ1) is 14.0. The van der Waals surface area contributed by atoms with Gasteiger partial charge in [0.1, 0.15) is 15.9 Å². The first-order valence-corrected chi connectivity index (χ1v) is 5.78. The van der Waals surface area contributed by atoms with Crippen molar-refractivity contribution in [3.63, 3.8) is 0 Å². The fourth-order valence-corrected chi connectivity index (χ4v) is 1.41. The average Bonchev–Trinajstić information content (AvgIpc) is 2.17. The predicted octanol–water partition coefficient (Wildman–Crippen LogP) is 2.15. The van der Waals surface area contributed by atoms with E-state index in [4.69, 9.17) is 27.9 Å². The van der Waals surface area contributed by atoms with Gasteiger partial charge < -0.3 is 10.1 Å². The molecule has 0 radical (unpaired) electrons. The molecule has 0 bridgehead atoms. The maximum atomic E-state index is 11.4. The molecule has 1 amide bonds. The van der Waals surface area contributed by atoms with E-state index in [1.54, 1.807) is 26.8 Å². The number of nitrogens with one attached hydrogen (secondary N) is 3. The summed E-state index contributed by atoms with van der Waals surface area (Å²) in [6.45, 7) is 5.61. The molecule has 1 aliphatic rings. The highest BCUT2D eigenvalue weighted by Crippen LogP contribution is 2.14. The fraction of sp³-hybridized carbons (Fsp3) is 0.500. The molecule has 1 rings (SSSR count). The van der Waals surface area contributed by atoms with E-state index in [0.717, 1.165) is 0 Å². The highest BCUT2D eigenvalue weighted by atomic mass is 35.5. The van der Waals surface area contributed by atoms with Gasteiger partial charge in [0.15, 0.2) is 0 Å². The van der Waals surface area contributed by atoms with Gasteiger partial charge in [0.25, 0.3) is 0 Å². The molecule has 17 heavy (non-hydrogen) atoms. The summed E-state index contributed by atoms with van der Waals surface area (Å²) in [5, 5.41) is 3.36. The molecule has 1 aliphatic heterocycles. The summed E-state index contributed by atoms with van der Waals surface area (Å²) >= 11 is 11.6. The van der Waals surface area contributed by atoms with Gasteiger partial charge in [-0.05, 0) is 26.8 Å². The lowest BCUT2D eigenvalue weighted by molar-refractivity contribution is 0.0533. The van der Waals surface area contributed by atoms with Gasteiger partial charge in [0, 0.05) is 12.1 Å². The van der Waals surface area contributed by atoms with E-state index >= 15 is 0 Å². The number of hydrogen-bond donors (Lipinski definition) is 3. The third-order valence-electron chi connectivity index (χ3n) is 1.70. The molecule has 0 aliphatic carbocycles. The van der Waals surface area contributed by atoms with Crippen LogP contribution in [0.2, 0.25) is 0 Å². The van der Waals surface area contributed by atoms with Crippen LogP contribution in [-0.4, -0.2) is 18.2 Å². The van der Waals surface area contributed by atoms with Crippen LogP contribution in [0.15, 0.2) is 22.0 Å². The zero-order valence-corrected chi connectivity index (χ0v) is 11.4. The van der Waals surface area contributed by atoms with Gasteiger partial charge in [-0.2, -0.15) is 0 Å². The van der Waals surface area contributed by atoms with Gasteiger partial charge in [-0.15, -0.1) is 0 Å². The summed E-state index contributed by atoms with van der Waals surface area (Å²) in [6, 6.07) is 0. The maximum Gasteiger partial charge on any atom is 0.407 e. The van der Waals surface area contributed by atoms with E-state index in [0.29, 0.717) is 15.9 Å². The molecule has 0 aromatic carbocycles. The van der Waals surface area contributed by atoms with Gasteiger partial charge >= 0.3 is 6.09 Å². The van der Waals surface area contributed by atoms with Crippen molar-refractivity contribution in [3.8, 4) is 0 Å². The standard InChI is InChI=1S/C10H15Cl2N3O2/c1-10(2,3)17-9(16)13-5-6-4-7(11)14-15-8(6)12/h4,14-15H,5H2,1-3H3,(H,13,16). The highest BCUT2D eigenvalue weighted by Gasteiger charge is 2.17. The van der Waals surface area contributed by atoms with Crippen LogP contribution in [0.25, 0.3) is 0 Å². The van der Waals surface area contributed by atoms with E-state index < -0.39 is 11.7 Å². The van der Waals surface area contributed by atoms with Gasteiger partial charge in [-0.25, -0.2) is 4.79 Å². The second-order valence-corrected chi connectivity index (χ2v) is 5.22. The van der Waals surface area contributed by atoms with E-state index in [9.17, 15) is 4.79 Å². The molecule has 1 heterocycles. The third kappa shape index (κ3) is 5.19. The number of ether oxygens (including phenoxy) is 1. The van der Waals surface area contributed by atoms with Crippen LogP contribution in [0.1, 0.15) is 20.8 Å². The molecule has 96 valence electrons. The lowest BCUT2D eigenvalue weighted by atomic mass is 10.2. The van der Waals surface area contributed by atoms with Crippen LogP contribution in [0.5, 0.6) is 0 Å². The van der Waals surface area contributed by atoms with Crippen molar-refractivity contribution in [3.05, 3.63) is 22.0 Å². The molecular formula is C10H15Cl2N3O2. The lowest BCUT2D eigenvalue weighted by Gasteiger charge is -2.21. The largest absolute Gasteiger partial charge is 0.444 e. The molecule has 0 atom stereocenters. The van der Waals surface area contributed by atoms with Crippen LogP contribution in [-0.2, 0) is 4.74 Å². The summed E-state index contributed by atoms with van der Waals surface area (Å²) < 4.78 is 5.09. The molecule has 0 unspecified atom stereocenters. The van der Waals surface area contributed by atoms with E-state index in [-0.39, 0.29) is 6.54 Å². The minimum atomic E-state index is -0.526. The Morgan fingerprint density at radius 1 is 1.41 bits per heavy atom. The fourth-order valence-electron chi connectivity index (χ4n) is 1.06. The van der Waals surface area contributed by atoms with Crippen LogP contribution >= 0.6 is 23.2 Å². The molecular weight excluding hydrogens is 265 g/mol. The summed E-state index contributed by atoms with van der Waals surface area (Å²) in [4.78, 5) is 11.4. The van der Waals surface area contributed by atoms with E-state index in [1.165, 1.54) is 0 Å². The average molecular weight is 280 g/mol. The van der Waals surface area contributed by atoms with Crippen molar-refractivity contribution in [2.45, 2.75) is 26.4 Å². The molecule has 5 nitrogen and oxygen atoms in total. The molecule has 0 aromatic heterocycles. The highest BCUT2D eigenvalue weighted by molar-refractivity contribution is 6.32. The van der Waals surface area contributed by atoms with Crippen molar-refractivity contribution in [2.24, 2.45) is 0 Å². The zero-order valence-electron chi connectivity index (χ0n) is 9.86. The Kier molecular flexibility index (Phi) is 4.54. The number of hydrogen-bond acceptors (Lipinski definition) is 4. The Morgan fingerprint density at radius 2 is 2.06 bits per heavy atom. The van der Waals surface area contributed by atoms with Crippen molar-refractivity contribution in [1.29, 1.82) is 0 Å². The smallest absolute Gasteiger partial charge is 0.407 e. The van der Waals surface area contributed by atoms with Gasteiger partial charge in [0.05, 0.1) is 0 Å². The Hall–Kier alpha value is -1.07. The Balaban J connectivity index is 2.49. The zero-order chi connectivity index (χ0) is 13.1. The number of amides is 1. The number of alkyl carbamates (subject to hydrolysis) is 1. The first-order chi connectivity index (χ1) is 7.78. The van der Waals surface area contributed by atoms with E-state index in [2.05, 4.69) is 16.2 Å². The topological polar surface area (TPSA) is 62.4 Å². The Bertz CT molecular complexity index is 372.